The first kappa shape index (κ1) is 31.9. The van der Waals surface area contributed by atoms with E-state index in [2.05, 4.69) is 211 Å². The number of nitrogens with zero attached hydrogens (tertiary/aromatic N) is 1. The lowest BCUT2D eigenvalue weighted by Crippen LogP contribution is -1.93. The van der Waals surface area contributed by atoms with Crippen molar-refractivity contribution >= 4 is 75.9 Å². The molecule has 2 nitrogen and oxygen atoms in total. The summed E-state index contributed by atoms with van der Waals surface area (Å²) >= 11 is 0. The summed E-state index contributed by atoms with van der Waals surface area (Å²) in [5, 5.41) is 12.5. The number of hydrogen-bond acceptors (Lipinski definition) is 0. The summed E-state index contributed by atoms with van der Waals surface area (Å²) in [7, 11) is 2.21. The lowest BCUT2D eigenvalue weighted by molar-refractivity contribution is 1.02. The fraction of sp³-hybridized carbons (Fsp3) is 0.0182. The molecule has 0 radical (unpaired) electrons. The molecule has 0 aliphatic heterocycles. The van der Waals surface area contributed by atoms with Gasteiger partial charge in [-0.3, -0.25) is 0 Å². The predicted molar refractivity (Wildman–Crippen MR) is 244 cm³/mol. The number of para-hydroxylation sites is 4. The molecule has 2 aromatic heterocycles. The third kappa shape index (κ3) is 4.71. The number of nitrogens with one attached hydrogen (secondary N) is 1. The molecule has 0 saturated heterocycles. The molecule has 0 amide bonds. The predicted octanol–water partition coefficient (Wildman–Crippen LogP) is 15.1. The van der Waals surface area contributed by atoms with Crippen LogP contribution in [0.3, 0.4) is 0 Å². The first-order chi connectivity index (χ1) is 28.2. The fourth-order valence-electron chi connectivity index (χ4n) is 9.81. The molecule has 10 aromatic carbocycles. The molecule has 0 atom stereocenters. The van der Waals surface area contributed by atoms with Crippen molar-refractivity contribution in [1.29, 1.82) is 0 Å². The van der Waals surface area contributed by atoms with Crippen LogP contribution < -0.4 is 0 Å². The van der Waals surface area contributed by atoms with Gasteiger partial charge in [-0.05, 0) is 90.0 Å². The lowest BCUT2D eigenvalue weighted by atomic mass is 9.85. The molecule has 266 valence electrons. The third-order valence-corrected chi connectivity index (χ3v) is 12.3. The molecule has 12 aromatic rings. The highest BCUT2D eigenvalue weighted by molar-refractivity contribution is 6.23. The maximum Gasteiger partial charge on any atom is 0.0568 e. The van der Waals surface area contributed by atoms with E-state index >= 15 is 0 Å². The van der Waals surface area contributed by atoms with Gasteiger partial charge in [-0.25, -0.2) is 0 Å². The maximum absolute atomic E-state index is 3.81. The largest absolute Gasteiger partial charge is 0.354 e. The van der Waals surface area contributed by atoms with E-state index in [1.165, 1.54) is 115 Å². The molecule has 0 aliphatic carbocycles. The van der Waals surface area contributed by atoms with E-state index in [4.69, 9.17) is 0 Å². The van der Waals surface area contributed by atoms with Crippen LogP contribution in [-0.2, 0) is 7.05 Å². The van der Waals surface area contributed by atoms with Crippen LogP contribution in [0.15, 0.2) is 194 Å². The molecule has 0 spiro atoms. The van der Waals surface area contributed by atoms with E-state index in [9.17, 15) is 0 Å². The van der Waals surface area contributed by atoms with Gasteiger partial charge in [0.1, 0.15) is 0 Å². The number of H-pyrrole nitrogens is 1. The minimum absolute atomic E-state index is 1.16. The highest BCUT2D eigenvalue weighted by atomic mass is 14.9. The number of aromatic amines is 1. The summed E-state index contributed by atoms with van der Waals surface area (Å²) in [6.45, 7) is 0. The van der Waals surface area contributed by atoms with E-state index in [1.807, 2.05) is 0 Å². The monoisotopic (exact) mass is 724 g/mol. The zero-order chi connectivity index (χ0) is 37.6. The first-order valence-electron chi connectivity index (χ1n) is 19.7. The molecular weight excluding hydrogens is 689 g/mol. The Morgan fingerprint density at radius 1 is 0.351 bits per heavy atom. The van der Waals surface area contributed by atoms with Crippen LogP contribution in [0.1, 0.15) is 0 Å². The average Bonchev–Trinajstić information content (AvgIpc) is 3.80. The molecule has 2 heteroatoms. The van der Waals surface area contributed by atoms with Gasteiger partial charge in [0.15, 0.2) is 0 Å². The molecule has 0 fully saturated rings. The fourth-order valence-corrected chi connectivity index (χ4v) is 9.81. The summed E-state index contributed by atoms with van der Waals surface area (Å²) in [5.74, 6) is 0. The van der Waals surface area contributed by atoms with Crippen LogP contribution in [0.25, 0.3) is 120 Å². The Kier molecular flexibility index (Phi) is 6.88. The van der Waals surface area contributed by atoms with Gasteiger partial charge in [-0.15, -0.1) is 0 Å². The van der Waals surface area contributed by atoms with Gasteiger partial charge < -0.3 is 9.55 Å². The minimum Gasteiger partial charge on any atom is -0.354 e. The second-order valence-electron chi connectivity index (χ2n) is 15.3. The summed E-state index contributed by atoms with van der Waals surface area (Å²) in [4.78, 5) is 3.81. The van der Waals surface area contributed by atoms with Crippen molar-refractivity contribution in [2.75, 3.05) is 0 Å². The standard InChI is InChI=1S/C55H36N2/c1-57-52-29-8-6-18-42(52)48-27-13-26-47(55(48)57)40-21-11-23-44-50(40)33-49-39(45-24-12-25-46-41-17-5-7-28-51(41)56-54(45)46)20-10-22-43(49)53(44)36-30-31-38-35(32-36)16-9-19-37(38)34-14-3-2-4-15-34/h2-33,56H,1H3. The molecule has 12 rings (SSSR count). The maximum atomic E-state index is 3.81. The summed E-state index contributed by atoms with van der Waals surface area (Å²) < 4.78 is 2.37. The zero-order valence-corrected chi connectivity index (χ0v) is 31.4. The van der Waals surface area contributed by atoms with Crippen LogP contribution in [0.5, 0.6) is 0 Å². The highest BCUT2D eigenvalue weighted by Gasteiger charge is 2.20. The van der Waals surface area contributed by atoms with Crippen molar-refractivity contribution in [3.05, 3.63) is 194 Å². The SMILES string of the molecule is Cn1c2ccccc2c2cccc(-c3cccc4c(-c5ccc6c(-c7ccccc7)cccc6c5)c5cccc(-c6cccc7c6[nH]c6ccccc67)c5cc34)c21. The van der Waals surface area contributed by atoms with Gasteiger partial charge in [-0.1, -0.05) is 170 Å². The quantitative estimate of drug-likeness (QED) is 0.175. The number of rotatable bonds is 4. The van der Waals surface area contributed by atoms with Crippen LogP contribution in [0.2, 0.25) is 0 Å². The van der Waals surface area contributed by atoms with Crippen molar-refractivity contribution in [2.24, 2.45) is 7.05 Å². The smallest absolute Gasteiger partial charge is 0.0568 e. The topological polar surface area (TPSA) is 20.7 Å². The van der Waals surface area contributed by atoms with Gasteiger partial charge in [0, 0.05) is 50.8 Å². The van der Waals surface area contributed by atoms with Crippen molar-refractivity contribution in [1.82, 2.24) is 9.55 Å². The van der Waals surface area contributed by atoms with E-state index in [0.717, 1.165) is 5.52 Å². The highest BCUT2D eigenvalue weighted by Crippen LogP contribution is 2.46. The zero-order valence-electron chi connectivity index (χ0n) is 31.4. The lowest BCUT2D eigenvalue weighted by Gasteiger charge is -2.19. The van der Waals surface area contributed by atoms with Gasteiger partial charge in [0.2, 0.25) is 0 Å². The van der Waals surface area contributed by atoms with E-state index < -0.39 is 0 Å². The number of hydrogen-bond donors (Lipinski definition) is 1. The van der Waals surface area contributed by atoms with E-state index in [-0.39, 0.29) is 0 Å². The Hall–Kier alpha value is -7.42. The van der Waals surface area contributed by atoms with Crippen molar-refractivity contribution in [2.45, 2.75) is 0 Å². The molecule has 0 aliphatic rings. The van der Waals surface area contributed by atoms with E-state index in [1.54, 1.807) is 0 Å². The Balaban J connectivity index is 1.19. The average molecular weight is 725 g/mol. The Morgan fingerprint density at radius 3 is 1.75 bits per heavy atom. The van der Waals surface area contributed by atoms with Gasteiger partial charge >= 0.3 is 0 Å². The Labute approximate surface area is 329 Å². The number of fused-ring (bicyclic) bond motifs is 9. The van der Waals surface area contributed by atoms with Gasteiger partial charge in [-0.2, -0.15) is 0 Å². The molecule has 0 unspecified atom stereocenters. The van der Waals surface area contributed by atoms with Crippen LogP contribution in [0.4, 0.5) is 0 Å². The second-order valence-corrected chi connectivity index (χ2v) is 15.3. The Bertz CT molecular complexity index is 3580. The summed E-state index contributed by atoms with van der Waals surface area (Å²) in [6, 6.07) is 71.6. The molecule has 1 N–H and O–H groups in total. The van der Waals surface area contributed by atoms with Crippen LogP contribution >= 0.6 is 0 Å². The number of aryl methyl sites for hydroxylation is 1. The second kappa shape index (κ2) is 12.3. The first-order valence-corrected chi connectivity index (χ1v) is 19.7. The van der Waals surface area contributed by atoms with Crippen molar-refractivity contribution in [3.63, 3.8) is 0 Å². The number of aromatic nitrogens is 2. The molecule has 0 bridgehead atoms. The molecule has 0 saturated carbocycles. The van der Waals surface area contributed by atoms with Crippen LogP contribution in [0, 0.1) is 0 Å². The van der Waals surface area contributed by atoms with Gasteiger partial charge in [0.05, 0.1) is 11.0 Å². The number of benzene rings is 10. The summed E-state index contributed by atoms with van der Waals surface area (Å²) in [6.07, 6.45) is 0. The summed E-state index contributed by atoms with van der Waals surface area (Å²) in [5.41, 5.74) is 14.7. The van der Waals surface area contributed by atoms with Gasteiger partial charge in [0.25, 0.3) is 0 Å². The normalized spacial score (nSPS) is 11.9. The van der Waals surface area contributed by atoms with Crippen LogP contribution in [-0.4, -0.2) is 9.55 Å². The van der Waals surface area contributed by atoms with Crippen molar-refractivity contribution < 1.29 is 0 Å². The Morgan fingerprint density at radius 2 is 0.947 bits per heavy atom. The third-order valence-electron chi connectivity index (χ3n) is 12.3. The molecule has 57 heavy (non-hydrogen) atoms. The molecular formula is C55H36N2. The molecule has 2 heterocycles. The minimum atomic E-state index is 1.16. The van der Waals surface area contributed by atoms with Crippen molar-refractivity contribution in [3.8, 4) is 44.5 Å². The van der Waals surface area contributed by atoms with E-state index in [0.29, 0.717) is 0 Å².